The topological polar surface area (TPSA) is 58.1 Å². The second kappa shape index (κ2) is 5.23. The standard InChI is InChI=1S/C12H18N4O/c1-9-7-16(4-3-11(9)13-2)12(17)10-5-14-8-15-6-10/h5-6,8-9,11,13H,3-4,7H2,1-2H3. The smallest absolute Gasteiger partial charge is 0.257 e. The number of rotatable bonds is 2. The predicted octanol–water partition coefficient (Wildman–Crippen LogP) is 0.547. The lowest BCUT2D eigenvalue weighted by Gasteiger charge is -2.36. The zero-order valence-electron chi connectivity index (χ0n) is 10.3. The molecular formula is C12H18N4O. The fourth-order valence-electron chi connectivity index (χ4n) is 2.35. The summed E-state index contributed by atoms with van der Waals surface area (Å²) in [6.07, 6.45) is 5.58. The van der Waals surface area contributed by atoms with Gasteiger partial charge in [-0.1, -0.05) is 6.92 Å². The number of hydrogen-bond acceptors (Lipinski definition) is 4. The number of hydrogen-bond donors (Lipinski definition) is 1. The third kappa shape index (κ3) is 2.61. The van der Waals surface area contributed by atoms with Gasteiger partial charge in [0.25, 0.3) is 5.91 Å². The molecule has 0 radical (unpaired) electrons. The van der Waals surface area contributed by atoms with Crippen LogP contribution < -0.4 is 5.32 Å². The van der Waals surface area contributed by atoms with Crippen LogP contribution in [0, 0.1) is 5.92 Å². The molecule has 17 heavy (non-hydrogen) atoms. The summed E-state index contributed by atoms with van der Waals surface area (Å²) in [4.78, 5) is 21.8. The number of nitrogens with zero attached hydrogens (tertiary/aromatic N) is 3. The summed E-state index contributed by atoms with van der Waals surface area (Å²) in [6, 6.07) is 0.506. The second-order valence-electron chi connectivity index (χ2n) is 4.54. The van der Waals surface area contributed by atoms with E-state index < -0.39 is 0 Å². The van der Waals surface area contributed by atoms with Gasteiger partial charge in [-0.2, -0.15) is 0 Å². The molecule has 0 spiro atoms. The van der Waals surface area contributed by atoms with Gasteiger partial charge < -0.3 is 10.2 Å². The molecule has 1 aromatic rings. The average molecular weight is 234 g/mol. The zero-order valence-corrected chi connectivity index (χ0v) is 10.3. The van der Waals surface area contributed by atoms with E-state index in [1.807, 2.05) is 11.9 Å². The van der Waals surface area contributed by atoms with Crippen LogP contribution in [0.15, 0.2) is 18.7 Å². The molecule has 0 saturated carbocycles. The Bertz CT molecular complexity index is 381. The number of carbonyl (C=O) groups is 1. The lowest BCUT2D eigenvalue weighted by atomic mass is 9.94. The summed E-state index contributed by atoms with van der Waals surface area (Å²) < 4.78 is 0. The summed E-state index contributed by atoms with van der Waals surface area (Å²) in [7, 11) is 1.98. The minimum Gasteiger partial charge on any atom is -0.338 e. The molecule has 2 heterocycles. The minimum absolute atomic E-state index is 0.0343. The molecule has 1 aromatic heterocycles. The van der Waals surface area contributed by atoms with Crippen LogP contribution in [-0.4, -0.2) is 47.0 Å². The Morgan fingerprint density at radius 2 is 2.18 bits per heavy atom. The molecule has 1 N–H and O–H groups in total. The molecule has 1 aliphatic rings. The third-order valence-corrected chi connectivity index (χ3v) is 3.37. The zero-order chi connectivity index (χ0) is 12.3. The Labute approximate surface area is 101 Å². The van der Waals surface area contributed by atoms with E-state index in [-0.39, 0.29) is 5.91 Å². The number of likely N-dealkylation sites (tertiary alicyclic amines) is 1. The van der Waals surface area contributed by atoms with E-state index in [0.29, 0.717) is 17.5 Å². The Hall–Kier alpha value is -1.49. The molecule has 5 nitrogen and oxygen atoms in total. The SMILES string of the molecule is CNC1CCN(C(=O)c2cncnc2)CC1C. The van der Waals surface area contributed by atoms with Crippen molar-refractivity contribution in [2.24, 2.45) is 5.92 Å². The molecule has 92 valence electrons. The largest absolute Gasteiger partial charge is 0.338 e. The van der Waals surface area contributed by atoms with Crippen molar-refractivity contribution in [3.8, 4) is 0 Å². The summed E-state index contributed by atoms with van der Waals surface area (Å²) in [6.45, 7) is 3.75. The van der Waals surface area contributed by atoms with E-state index in [0.717, 1.165) is 19.5 Å². The Balaban J connectivity index is 2.03. The van der Waals surface area contributed by atoms with Gasteiger partial charge in [-0.05, 0) is 19.4 Å². The first-order chi connectivity index (χ1) is 8.22. The van der Waals surface area contributed by atoms with Crippen molar-refractivity contribution in [1.29, 1.82) is 0 Å². The molecule has 2 rings (SSSR count). The molecule has 5 heteroatoms. The van der Waals surface area contributed by atoms with E-state index in [2.05, 4.69) is 22.2 Å². The third-order valence-electron chi connectivity index (χ3n) is 3.37. The molecule has 1 aliphatic heterocycles. The van der Waals surface area contributed by atoms with Crippen LogP contribution in [0.1, 0.15) is 23.7 Å². The number of carbonyl (C=O) groups excluding carboxylic acids is 1. The summed E-state index contributed by atoms with van der Waals surface area (Å²) in [5.74, 6) is 0.509. The van der Waals surface area contributed by atoms with Gasteiger partial charge in [0.15, 0.2) is 0 Å². The minimum atomic E-state index is 0.0343. The molecule has 1 saturated heterocycles. The number of aromatic nitrogens is 2. The van der Waals surface area contributed by atoms with Crippen molar-refractivity contribution < 1.29 is 4.79 Å². The van der Waals surface area contributed by atoms with Crippen LogP contribution in [0.5, 0.6) is 0 Å². The highest BCUT2D eigenvalue weighted by atomic mass is 16.2. The molecule has 1 fully saturated rings. The molecule has 0 aromatic carbocycles. The lowest BCUT2D eigenvalue weighted by Crippen LogP contribution is -2.49. The lowest BCUT2D eigenvalue weighted by molar-refractivity contribution is 0.0648. The van der Waals surface area contributed by atoms with Gasteiger partial charge in [0.2, 0.25) is 0 Å². The monoisotopic (exact) mass is 234 g/mol. The van der Waals surface area contributed by atoms with E-state index in [1.165, 1.54) is 6.33 Å². The number of nitrogens with one attached hydrogen (secondary N) is 1. The van der Waals surface area contributed by atoms with Gasteiger partial charge in [0, 0.05) is 31.5 Å². The molecular weight excluding hydrogens is 216 g/mol. The van der Waals surface area contributed by atoms with Crippen LogP contribution in [0.4, 0.5) is 0 Å². The normalized spacial score (nSPS) is 24.7. The summed E-state index contributed by atoms with van der Waals surface area (Å²) >= 11 is 0. The van der Waals surface area contributed by atoms with E-state index in [1.54, 1.807) is 12.4 Å². The van der Waals surface area contributed by atoms with Crippen molar-refractivity contribution in [1.82, 2.24) is 20.2 Å². The number of piperidine rings is 1. The van der Waals surface area contributed by atoms with Crippen LogP contribution in [-0.2, 0) is 0 Å². The van der Waals surface area contributed by atoms with Crippen molar-refractivity contribution >= 4 is 5.91 Å². The first-order valence-electron chi connectivity index (χ1n) is 5.94. The molecule has 0 aliphatic carbocycles. The first kappa shape index (κ1) is 12.0. The summed E-state index contributed by atoms with van der Waals surface area (Å²) in [5.41, 5.74) is 0.572. The average Bonchev–Trinajstić information content (AvgIpc) is 2.39. The van der Waals surface area contributed by atoms with Crippen LogP contribution >= 0.6 is 0 Å². The van der Waals surface area contributed by atoms with Gasteiger partial charge in [0.1, 0.15) is 6.33 Å². The highest BCUT2D eigenvalue weighted by Crippen LogP contribution is 2.18. The van der Waals surface area contributed by atoms with E-state index in [9.17, 15) is 4.79 Å². The van der Waals surface area contributed by atoms with Crippen LogP contribution in [0.25, 0.3) is 0 Å². The Kier molecular flexibility index (Phi) is 3.68. The fraction of sp³-hybridized carbons (Fsp3) is 0.583. The first-order valence-corrected chi connectivity index (χ1v) is 5.94. The van der Waals surface area contributed by atoms with Crippen molar-refractivity contribution in [3.63, 3.8) is 0 Å². The van der Waals surface area contributed by atoms with Crippen LogP contribution in [0.3, 0.4) is 0 Å². The molecule has 2 unspecified atom stereocenters. The van der Waals surface area contributed by atoms with Gasteiger partial charge >= 0.3 is 0 Å². The maximum Gasteiger partial charge on any atom is 0.257 e. The highest BCUT2D eigenvalue weighted by Gasteiger charge is 2.28. The molecule has 0 bridgehead atoms. The maximum absolute atomic E-state index is 12.2. The highest BCUT2D eigenvalue weighted by molar-refractivity contribution is 5.93. The van der Waals surface area contributed by atoms with Crippen molar-refractivity contribution in [3.05, 3.63) is 24.3 Å². The maximum atomic E-state index is 12.2. The van der Waals surface area contributed by atoms with Gasteiger partial charge in [-0.15, -0.1) is 0 Å². The van der Waals surface area contributed by atoms with Gasteiger partial charge in [-0.3, -0.25) is 4.79 Å². The second-order valence-corrected chi connectivity index (χ2v) is 4.54. The van der Waals surface area contributed by atoms with E-state index in [4.69, 9.17) is 0 Å². The van der Waals surface area contributed by atoms with Crippen molar-refractivity contribution in [2.45, 2.75) is 19.4 Å². The Morgan fingerprint density at radius 3 is 2.76 bits per heavy atom. The van der Waals surface area contributed by atoms with Gasteiger partial charge in [0.05, 0.1) is 5.56 Å². The summed E-state index contributed by atoms with van der Waals surface area (Å²) in [5, 5.41) is 3.29. The molecule has 1 amide bonds. The predicted molar refractivity (Wildman–Crippen MR) is 64.6 cm³/mol. The molecule has 2 atom stereocenters. The fourth-order valence-corrected chi connectivity index (χ4v) is 2.35. The van der Waals surface area contributed by atoms with Crippen LogP contribution in [0.2, 0.25) is 0 Å². The number of amides is 1. The van der Waals surface area contributed by atoms with E-state index >= 15 is 0 Å². The quantitative estimate of drug-likeness (QED) is 0.811. The van der Waals surface area contributed by atoms with Crippen molar-refractivity contribution in [2.75, 3.05) is 20.1 Å². The Morgan fingerprint density at radius 1 is 1.47 bits per heavy atom. The van der Waals surface area contributed by atoms with Gasteiger partial charge in [-0.25, -0.2) is 9.97 Å².